The van der Waals surface area contributed by atoms with E-state index in [1.54, 1.807) is 42.6 Å². The number of rotatable bonds is 14. The van der Waals surface area contributed by atoms with Crippen LogP contribution in [0.25, 0.3) is 10.9 Å². The standard InChI is InChI=1S/C36H40N6O7/c37-20-32(44)39-29(17-23-12-14-25(43)15-13-23)35(47)42-16-6-11-31(42)34(46)40-28(19-24-21-38-27-10-5-4-9-26(24)27)33(45)41-30(36(48)49)18-22-7-2-1-3-8-22/h1-5,7-10,12-15,21,28-31,38,43H,6,11,16-20,37H2,(H,39,44)(H,40,46)(H,41,45)(H,48,49)/t28-,29+,30+,31-/m1/s1. The van der Waals surface area contributed by atoms with Crippen molar-refractivity contribution in [3.05, 3.63) is 102 Å². The number of hydrogen-bond donors (Lipinski definition) is 7. The predicted molar refractivity (Wildman–Crippen MR) is 181 cm³/mol. The van der Waals surface area contributed by atoms with Gasteiger partial charge in [-0.25, -0.2) is 4.79 Å². The maximum absolute atomic E-state index is 13.9. The molecule has 49 heavy (non-hydrogen) atoms. The number of phenols is 1. The molecule has 1 aromatic heterocycles. The van der Waals surface area contributed by atoms with Crippen molar-refractivity contribution in [1.82, 2.24) is 25.8 Å². The molecule has 1 aliphatic heterocycles. The molecule has 0 unspecified atom stereocenters. The van der Waals surface area contributed by atoms with E-state index < -0.39 is 53.8 Å². The summed E-state index contributed by atoms with van der Waals surface area (Å²) in [6.07, 6.45) is 2.77. The van der Waals surface area contributed by atoms with Gasteiger partial charge in [-0.15, -0.1) is 0 Å². The number of amides is 4. The average molecular weight is 669 g/mol. The number of aromatic nitrogens is 1. The molecule has 8 N–H and O–H groups in total. The van der Waals surface area contributed by atoms with Gasteiger partial charge in [0.1, 0.15) is 29.9 Å². The molecular weight excluding hydrogens is 628 g/mol. The van der Waals surface area contributed by atoms with Gasteiger partial charge in [-0.3, -0.25) is 19.2 Å². The highest BCUT2D eigenvalue weighted by Crippen LogP contribution is 2.23. The predicted octanol–water partition coefficient (Wildman–Crippen LogP) is 1.39. The van der Waals surface area contributed by atoms with E-state index in [1.165, 1.54) is 17.0 Å². The molecule has 5 rings (SSSR count). The van der Waals surface area contributed by atoms with E-state index in [9.17, 15) is 34.2 Å². The first-order valence-corrected chi connectivity index (χ1v) is 16.1. The third-order valence-electron chi connectivity index (χ3n) is 8.66. The minimum absolute atomic E-state index is 0.0392. The fourth-order valence-electron chi connectivity index (χ4n) is 6.14. The number of likely N-dealkylation sites (tertiary alicyclic amines) is 1. The van der Waals surface area contributed by atoms with Crippen LogP contribution in [-0.4, -0.2) is 87.0 Å². The van der Waals surface area contributed by atoms with E-state index in [2.05, 4.69) is 20.9 Å². The number of aromatic hydroxyl groups is 1. The third kappa shape index (κ3) is 8.82. The number of nitrogens with zero attached hydrogens (tertiary/aromatic N) is 1. The second kappa shape index (κ2) is 15.9. The Labute approximate surface area is 282 Å². The third-order valence-corrected chi connectivity index (χ3v) is 8.66. The van der Waals surface area contributed by atoms with Crippen LogP contribution in [0.15, 0.2) is 85.1 Å². The largest absolute Gasteiger partial charge is 0.508 e. The summed E-state index contributed by atoms with van der Waals surface area (Å²) < 4.78 is 0. The number of H-pyrrole nitrogens is 1. The molecule has 0 spiro atoms. The number of aromatic amines is 1. The lowest BCUT2D eigenvalue weighted by Crippen LogP contribution is -2.58. The minimum atomic E-state index is -1.26. The molecule has 1 aliphatic rings. The summed E-state index contributed by atoms with van der Waals surface area (Å²) in [6.45, 7) is -0.0888. The van der Waals surface area contributed by atoms with Gasteiger partial charge in [0.15, 0.2) is 0 Å². The number of carbonyl (C=O) groups excluding carboxylic acids is 4. The number of nitrogens with one attached hydrogen (secondary N) is 4. The first kappa shape index (κ1) is 34.6. The van der Waals surface area contributed by atoms with E-state index in [-0.39, 0.29) is 38.1 Å². The van der Waals surface area contributed by atoms with Gasteiger partial charge in [-0.05, 0) is 47.7 Å². The van der Waals surface area contributed by atoms with E-state index in [0.29, 0.717) is 18.4 Å². The lowest BCUT2D eigenvalue weighted by Gasteiger charge is -2.30. The summed E-state index contributed by atoms with van der Waals surface area (Å²) >= 11 is 0. The lowest BCUT2D eigenvalue weighted by molar-refractivity contribution is -0.143. The van der Waals surface area contributed by atoms with E-state index in [0.717, 1.165) is 22.0 Å². The maximum Gasteiger partial charge on any atom is 0.326 e. The second-order valence-corrected chi connectivity index (χ2v) is 12.1. The Morgan fingerprint density at radius 3 is 2.20 bits per heavy atom. The van der Waals surface area contributed by atoms with Crippen LogP contribution in [-0.2, 0) is 43.2 Å². The zero-order chi connectivity index (χ0) is 34.9. The van der Waals surface area contributed by atoms with Crippen molar-refractivity contribution in [3.8, 4) is 5.75 Å². The number of carboxylic acid groups (broad SMARTS) is 1. The van der Waals surface area contributed by atoms with Crippen LogP contribution >= 0.6 is 0 Å². The van der Waals surface area contributed by atoms with Crippen molar-refractivity contribution in [3.63, 3.8) is 0 Å². The van der Waals surface area contributed by atoms with Crippen LogP contribution in [0.3, 0.4) is 0 Å². The highest BCUT2D eigenvalue weighted by atomic mass is 16.4. The number of carboxylic acids is 1. The molecule has 256 valence electrons. The molecule has 13 nitrogen and oxygen atoms in total. The molecule has 0 bridgehead atoms. The van der Waals surface area contributed by atoms with Crippen molar-refractivity contribution >= 4 is 40.5 Å². The zero-order valence-corrected chi connectivity index (χ0v) is 26.8. The molecule has 0 saturated carbocycles. The van der Waals surface area contributed by atoms with Crippen LogP contribution in [0.4, 0.5) is 0 Å². The number of fused-ring (bicyclic) bond motifs is 1. The molecule has 4 amide bonds. The highest BCUT2D eigenvalue weighted by Gasteiger charge is 2.39. The van der Waals surface area contributed by atoms with Gasteiger partial charge in [-0.2, -0.15) is 0 Å². The van der Waals surface area contributed by atoms with Gasteiger partial charge in [-0.1, -0.05) is 60.7 Å². The summed E-state index contributed by atoms with van der Waals surface area (Å²) in [5, 5.41) is 28.6. The monoisotopic (exact) mass is 668 g/mol. The summed E-state index contributed by atoms with van der Waals surface area (Å²) in [6, 6.07) is 18.2. The molecule has 1 fully saturated rings. The smallest absolute Gasteiger partial charge is 0.326 e. The Bertz CT molecular complexity index is 1790. The number of aliphatic carboxylic acids is 1. The molecule has 0 aliphatic carbocycles. The molecule has 2 heterocycles. The van der Waals surface area contributed by atoms with Crippen molar-refractivity contribution in [2.75, 3.05) is 13.1 Å². The Hall–Kier alpha value is -5.69. The van der Waals surface area contributed by atoms with Gasteiger partial charge < -0.3 is 41.8 Å². The Morgan fingerprint density at radius 2 is 1.49 bits per heavy atom. The number of para-hydroxylation sites is 1. The first-order valence-electron chi connectivity index (χ1n) is 16.1. The molecule has 1 saturated heterocycles. The Kier molecular flexibility index (Phi) is 11.3. The Morgan fingerprint density at radius 1 is 0.816 bits per heavy atom. The van der Waals surface area contributed by atoms with Gasteiger partial charge in [0.05, 0.1) is 6.54 Å². The van der Waals surface area contributed by atoms with Crippen LogP contribution in [0.2, 0.25) is 0 Å². The summed E-state index contributed by atoms with van der Waals surface area (Å²) in [7, 11) is 0. The van der Waals surface area contributed by atoms with E-state index in [4.69, 9.17) is 5.73 Å². The molecule has 0 radical (unpaired) electrons. The summed E-state index contributed by atoms with van der Waals surface area (Å²) in [5.41, 5.74) is 8.49. The van der Waals surface area contributed by atoms with Crippen molar-refractivity contribution in [2.45, 2.75) is 56.3 Å². The molecule has 4 aromatic rings. The Balaban J connectivity index is 1.37. The van der Waals surface area contributed by atoms with Crippen molar-refractivity contribution in [1.29, 1.82) is 0 Å². The van der Waals surface area contributed by atoms with Gasteiger partial charge in [0.25, 0.3) is 0 Å². The van der Waals surface area contributed by atoms with Crippen LogP contribution in [0, 0.1) is 0 Å². The first-order chi connectivity index (χ1) is 23.6. The highest BCUT2D eigenvalue weighted by molar-refractivity contribution is 5.96. The second-order valence-electron chi connectivity index (χ2n) is 12.1. The molecule has 3 aromatic carbocycles. The van der Waals surface area contributed by atoms with Crippen LogP contribution in [0.1, 0.15) is 29.5 Å². The lowest BCUT2D eigenvalue weighted by atomic mass is 10.0. The van der Waals surface area contributed by atoms with E-state index >= 15 is 0 Å². The van der Waals surface area contributed by atoms with Crippen molar-refractivity contribution in [2.24, 2.45) is 5.73 Å². The number of benzene rings is 3. The number of phenolic OH excluding ortho intramolecular Hbond substituents is 1. The maximum atomic E-state index is 13.9. The molecule has 13 heteroatoms. The van der Waals surface area contributed by atoms with Gasteiger partial charge in [0, 0.05) is 42.9 Å². The number of nitrogens with two attached hydrogens (primary N) is 1. The summed E-state index contributed by atoms with van der Waals surface area (Å²) in [5.74, 6) is -3.46. The van der Waals surface area contributed by atoms with Gasteiger partial charge >= 0.3 is 5.97 Å². The fourth-order valence-corrected chi connectivity index (χ4v) is 6.14. The number of hydrogen-bond acceptors (Lipinski definition) is 7. The fraction of sp³-hybridized carbons (Fsp3) is 0.306. The normalized spacial score (nSPS) is 16.0. The van der Waals surface area contributed by atoms with Crippen molar-refractivity contribution < 1.29 is 34.2 Å². The molecule has 4 atom stereocenters. The van der Waals surface area contributed by atoms with Crippen LogP contribution in [0.5, 0.6) is 5.75 Å². The van der Waals surface area contributed by atoms with Crippen LogP contribution < -0.4 is 21.7 Å². The quantitative estimate of drug-likeness (QED) is 0.104. The minimum Gasteiger partial charge on any atom is -0.508 e. The zero-order valence-electron chi connectivity index (χ0n) is 26.8. The summed E-state index contributed by atoms with van der Waals surface area (Å²) in [4.78, 5) is 70.7. The topological polar surface area (TPSA) is 207 Å². The number of carbonyl (C=O) groups is 5. The van der Waals surface area contributed by atoms with Gasteiger partial charge in [0.2, 0.25) is 23.6 Å². The average Bonchev–Trinajstić information content (AvgIpc) is 3.76. The van der Waals surface area contributed by atoms with E-state index in [1.807, 2.05) is 30.3 Å². The molecular formula is C36H40N6O7. The SMILES string of the molecule is NCC(=O)N[C@@H](Cc1ccc(O)cc1)C(=O)N1CCC[C@@H]1C(=O)N[C@H](Cc1c[nH]c2ccccc12)C(=O)N[C@@H](Cc1ccccc1)C(=O)O.